The highest BCUT2D eigenvalue weighted by Gasteiger charge is 2.20. The summed E-state index contributed by atoms with van der Waals surface area (Å²) in [5.74, 6) is 1.20. The fourth-order valence-electron chi connectivity index (χ4n) is 2.47. The molecule has 4 nitrogen and oxygen atoms in total. The van der Waals surface area contributed by atoms with Gasteiger partial charge in [0.15, 0.2) is 11.5 Å². The van der Waals surface area contributed by atoms with Crippen LogP contribution in [0.5, 0.6) is 11.5 Å². The molecular weight excluding hydrogens is 266 g/mol. The molecule has 2 rings (SSSR count). The average molecular weight is 286 g/mol. The van der Waals surface area contributed by atoms with Crippen molar-refractivity contribution in [2.75, 3.05) is 27.3 Å². The van der Waals surface area contributed by atoms with E-state index in [0.717, 1.165) is 31.5 Å². The topological polar surface area (TPSA) is 41.9 Å². The number of methoxy groups -OCH3 is 2. The summed E-state index contributed by atoms with van der Waals surface area (Å²) in [5.41, 5.74) is 0.994. The highest BCUT2D eigenvalue weighted by atomic mass is 35.5. The molecule has 0 aliphatic carbocycles. The van der Waals surface area contributed by atoms with E-state index in [9.17, 15) is 5.11 Å². The van der Waals surface area contributed by atoms with Crippen LogP contribution in [0.4, 0.5) is 0 Å². The van der Waals surface area contributed by atoms with Gasteiger partial charge in [-0.05, 0) is 31.0 Å². The minimum atomic E-state index is -0.229. The summed E-state index contributed by atoms with van der Waals surface area (Å²) in [5, 5.41) is 10.3. The number of β-amino-alcohol motifs (C(OH)–C–C–N with tert-alkyl or cyclic N) is 1. The molecule has 1 heterocycles. The molecule has 1 aromatic rings. The summed E-state index contributed by atoms with van der Waals surface area (Å²) in [6.45, 7) is 2.41. The van der Waals surface area contributed by atoms with E-state index in [1.807, 2.05) is 12.1 Å². The third kappa shape index (κ3) is 3.32. The van der Waals surface area contributed by atoms with Crippen LogP contribution in [0.3, 0.4) is 0 Å². The van der Waals surface area contributed by atoms with Gasteiger partial charge in [0.25, 0.3) is 0 Å². The summed E-state index contributed by atoms with van der Waals surface area (Å²) >= 11 is 6.35. The summed E-state index contributed by atoms with van der Waals surface area (Å²) in [7, 11) is 3.17. The first-order chi connectivity index (χ1) is 9.15. The van der Waals surface area contributed by atoms with Crippen LogP contribution in [-0.4, -0.2) is 43.4 Å². The van der Waals surface area contributed by atoms with Crippen molar-refractivity contribution in [3.63, 3.8) is 0 Å². The Morgan fingerprint density at radius 3 is 2.79 bits per heavy atom. The van der Waals surface area contributed by atoms with Gasteiger partial charge in [0.05, 0.1) is 25.3 Å². The molecule has 0 aromatic heterocycles. The Kier molecular flexibility index (Phi) is 4.91. The lowest BCUT2D eigenvalue weighted by Gasteiger charge is -2.30. The van der Waals surface area contributed by atoms with Crippen molar-refractivity contribution in [3.05, 3.63) is 22.7 Å². The fourth-order valence-corrected chi connectivity index (χ4v) is 2.76. The Balaban J connectivity index is 2.16. The standard InChI is InChI=1S/C14H20ClNO3/c1-18-12-6-5-10(13(15)14(12)19-2)8-16-7-3-4-11(17)9-16/h5-6,11,17H,3-4,7-9H2,1-2H3. The van der Waals surface area contributed by atoms with E-state index < -0.39 is 0 Å². The molecule has 1 aliphatic rings. The van der Waals surface area contributed by atoms with E-state index in [0.29, 0.717) is 23.1 Å². The lowest BCUT2D eigenvalue weighted by atomic mass is 10.1. The van der Waals surface area contributed by atoms with Crippen molar-refractivity contribution in [1.29, 1.82) is 0 Å². The van der Waals surface area contributed by atoms with Crippen molar-refractivity contribution < 1.29 is 14.6 Å². The summed E-state index contributed by atoms with van der Waals surface area (Å²) in [6.07, 6.45) is 1.68. The van der Waals surface area contributed by atoms with Gasteiger partial charge >= 0.3 is 0 Å². The van der Waals surface area contributed by atoms with Gasteiger partial charge in [-0.1, -0.05) is 17.7 Å². The lowest BCUT2D eigenvalue weighted by molar-refractivity contribution is 0.0668. The van der Waals surface area contributed by atoms with E-state index in [-0.39, 0.29) is 6.10 Å². The molecule has 1 saturated heterocycles. The Bertz CT molecular complexity index is 439. The molecule has 1 aromatic carbocycles. The zero-order chi connectivity index (χ0) is 13.8. The Labute approximate surface area is 118 Å². The number of aliphatic hydroxyl groups excluding tert-OH is 1. The zero-order valence-electron chi connectivity index (χ0n) is 11.4. The number of likely N-dealkylation sites (tertiary alicyclic amines) is 1. The zero-order valence-corrected chi connectivity index (χ0v) is 12.1. The largest absolute Gasteiger partial charge is 0.493 e. The van der Waals surface area contributed by atoms with Gasteiger partial charge in [0.2, 0.25) is 0 Å². The predicted octanol–water partition coefficient (Wildman–Crippen LogP) is 2.31. The van der Waals surface area contributed by atoms with Gasteiger partial charge in [-0.25, -0.2) is 0 Å². The lowest BCUT2D eigenvalue weighted by Crippen LogP contribution is -2.37. The third-order valence-electron chi connectivity index (χ3n) is 3.44. The van der Waals surface area contributed by atoms with Crippen molar-refractivity contribution in [2.24, 2.45) is 0 Å². The number of nitrogens with zero attached hydrogens (tertiary/aromatic N) is 1. The molecule has 19 heavy (non-hydrogen) atoms. The second-order valence-electron chi connectivity index (χ2n) is 4.81. The van der Waals surface area contributed by atoms with E-state index in [4.69, 9.17) is 21.1 Å². The van der Waals surface area contributed by atoms with E-state index >= 15 is 0 Å². The van der Waals surface area contributed by atoms with Crippen molar-refractivity contribution in [3.8, 4) is 11.5 Å². The second kappa shape index (κ2) is 6.46. The number of ether oxygens (including phenoxy) is 2. The molecule has 1 N–H and O–H groups in total. The van der Waals surface area contributed by atoms with E-state index in [1.54, 1.807) is 14.2 Å². The van der Waals surface area contributed by atoms with Crippen LogP contribution in [0.15, 0.2) is 12.1 Å². The van der Waals surface area contributed by atoms with Crippen LogP contribution in [0, 0.1) is 0 Å². The van der Waals surface area contributed by atoms with Crippen LogP contribution in [0.25, 0.3) is 0 Å². The number of hydrogen-bond acceptors (Lipinski definition) is 4. The Hall–Kier alpha value is -0.970. The number of rotatable bonds is 4. The Morgan fingerprint density at radius 2 is 2.16 bits per heavy atom. The summed E-state index contributed by atoms with van der Waals surface area (Å²) < 4.78 is 10.5. The van der Waals surface area contributed by atoms with E-state index in [1.165, 1.54) is 0 Å². The smallest absolute Gasteiger partial charge is 0.179 e. The molecule has 0 saturated carbocycles. The first kappa shape index (κ1) is 14.4. The maximum Gasteiger partial charge on any atom is 0.179 e. The maximum atomic E-state index is 9.69. The van der Waals surface area contributed by atoms with Crippen LogP contribution < -0.4 is 9.47 Å². The first-order valence-electron chi connectivity index (χ1n) is 6.45. The highest BCUT2D eigenvalue weighted by molar-refractivity contribution is 6.33. The van der Waals surface area contributed by atoms with Crippen LogP contribution in [0.2, 0.25) is 5.02 Å². The molecule has 0 radical (unpaired) electrons. The molecule has 1 fully saturated rings. The van der Waals surface area contributed by atoms with Gasteiger partial charge in [0.1, 0.15) is 0 Å². The molecule has 0 bridgehead atoms. The van der Waals surface area contributed by atoms with Crippen molar-refractivity contribution in [2.45, 2.75) is 25.5 Å². The second-order valence-corrected chi connectivity index (χ2v) is 5.18. The molecule has 106 valence electrons. The van der Waals surface area contributed by atoms with Crippen molar-refractivity contribution >= 4 is 11.6 Å². The van der Waals surface area contributed by atoms with Gasteiger partial charge in [-0.3, -0.25) is 4.90 Å². The van der Waals surface area contributed by atoms with Crippen LogP contribution >= 0.6 is 11.6 Å². The quantitative estimate of drug-likeness (QED) is 0.922. The number of piperidine rings is 1. The monoisotopic (exact) mass is 285 g/mol. The predicted molar refractivity (Wildman–Crippen MR) is 75.1 cm³/mol. The highest BCUT2D eigenvalue weighted by Crippen LogP contribution is 2.37. The van der Waals surface area contributed by atoms with Gasteiger partial charge < -0.3 is 14.6 Å². The molecule has 0 amide bonds. The molecule has 5 heteroatoms. The molecule has 1 aliphatic heterocycles. The number of aliphatic hydroxyl groups is 1. The molecular formula is C14H20ClNO3. The minimum Gasteiger partial charge on any atom is -0.493 e. The van der Waals surface area contributed by atoms with Crippen LogP contribution in [-0.2, 0) is 6.54 Å². The summed E-state index contributed by atoms with van der Waals surface area (Å²) in [4.78, 5) is 2.21. The number of benzene rings is 1. The van der Waals surface area contributed by atoms with Gasteiger partial charge in [-0.15, -0.1) is 0 Å². The molecule has 1 unspecified atom stereocenters. The van der Waals surface area contributed by atoms with Crippen molar-refractivity contribution in [1.82, 2.24) is 4.90 Å². The first-order valence-corrected chi connectivity index (χ1v) is 6.83. The summed E-state index contributed by atoms with van der Waals surface area (Å²) in [6, 6.07) is 3.81. The van der Waals surface area contributed by atoms with E-state index in [2.05, 4.69) is 4.90 Å². The third-order valence-corrected chi connectivity index (χ3v) is 3.85. The fraction of sp³-hybridized carbons (Fsp3) is 0.571. The number of hydrogen-bond donors (Lipinski definition) is 1. The SMILES string of the molecule is COc1ccc(CN2CCCC(O)C2)c(Cl)c1OC. The average Bonchev–Trinajstić information content (AvgIpc) is 2.41. The van der Waals surface area contributed by atoms with Crippen LogP contribution in [0.1, 0.15) is 18.4 Å². The molecule has 0 spiro atoms. The molecule has 1 atom stereocenters. The van der Waals surface area contributed by atoms with Gasteiger partial charge in [-0.2, -0.15) is 0 Å². The normalized spacial score (nSPS) is 20.3. The minimum absolute atomic E-state index is 0.229. The van der Waals surface area contributed by atoms with Gasteiger partial charge in [0, 0.05) is 13.1 Å². The maximum absolute atomic E-state index is 9.69. The number of halogens is 1. The Morgan fingerprint density at radius 1 is 1.37 bits per heavy atom.